The van der Waals surface area contributed by atoms with Crippen molar-refractivity contribution in [2.75, 3.05) is 6.61 Å². The predicted octanol–water partition coefficient (Wildman–Crippen LogP) is 2.74. The summed E-state index contributed by atoms with van der Waals surface area (Å²) in [7, 11) is 0. The van der Waals surface area contributed by atoms with E-state index in [2.05, 4.69) is 26.8 Å². The number of nitrogens with zero attached hydrogens (tertiary/aromatic N) is 1. The van der Waals surface area contributed by atoms with Crippen LogP contribution < -0.4 is 0 Å². The summed E-state index contributed by atoms with van der Waals surface area (Å²) in [4.78, 5) is 0. The molecule has 0 radical (unpaired) electrons. The Labute approximate surface area is 80.9 Å². The van der Waals surface area contributed by atoms with Crippen LogP contribution in [0.15, 0.2) is 0 Å². The highest BCUT2D eigenvalue weighted by Crippen LogP contribution is 2.36. The van der Waals surface area contributed by atoms with Gasteiger partial charge >= 0.3 is 0 Å². The first-order valence-electron chi connectivity index (χ1n) is 5.02. The molecule has 74 valence electrons. The summed E-state index contributed by atoms with van der Waals surface area (Å²) in [6.07, 6.45) is 2.93. The highest BCUT2D eigenvalue weighted by Gasteiger charge is 2.30. The molecule has 2 nitrogen and oxygen atoms in total. The first-order chi connectivity index (χ1) is 6.04. The third-order valence-corrected chi connectivity index (χ3v) is 2.91. The zero-order valence-electron chi connectivity index (χ0n) is 8.84. The molecule has 1 fully saturated rings. The van der Waals surface area contributed by atoms with Gasteiger partial charge < -0.3 is 4.74 Å². The molecular formula is C11H19NO. The maximum Gasteiger partial charge on any atom is 0.0707 e. The summed E-state index contributed by atoms with van der Waals surface area (Å²) in [5.41, 5.74) is 0.359. The Morgan fingerprint density at radius 2 is 2.15 bits per heavy atom. The van der Waals surface area contributed by atoms with Crippen molar-refractivity contribution >= 4 is 0 Å². The highest BCUT2D eigenvalue weighted by atomic mass is 16.5. The van der Waals surface area contributed by atoms with Gasteiger partial charge in [0.15, 0.2) is 0 Å². The molecule has 0 N–H and O–H groups in total. The topological polar surface area (TPSA) is 33.0 Å². The third kappa shape index (κ3) is 3.00. The molecule has 0 bridgehead atoms. The lowest BCUT2D eigenvalue weighted by Crippen LogP contribution is -2.32. The predicted molar refractivity (Wildman–Crippen MR) is 52.1 cm³/mol. The van der Waals surface area contributed by atoms with Crippen molar-refractivity contribution in [1.29, 1.82) is 5.26 Å². The quantitative estimate of drug-likeness (QED) is 0.623. The van der Waals surface area contributed by atoms with Crippen molar-refractivity contribution < 1.29 is 4.74 Å². The van der Waals surface area contributed by atoms with Crippen molar-refractivity contribution in [3.05, 3.63) is 0 Å². The number of ether oxygens (including phenoxy) is 1. The number of hydrogen-bond acceptors (Lipinski definition) is 2. The smallest absolute Gasteiger partial charge is 0.0707 e. The third-order valence-electron chi connectivity index (χ3n) is 2.91. The van der Waals surface area contributed by atoms with Gasteiger partial charge in [-0.2, -0.15) is 5.26 Å². The maximum atomic E-state index is 8.58. The Balaban J connectivity index is 2.48. The van der Waals surface area contributed by atoms with Gasteiger partial charge in [0.05, 0.1) is 18.6 Å². The van der Waals surface area contributed by atoms with Crippen LogP contribution >= 0.6 is 0 Å². The largest absolute Gasteiger partial charge is 0.377 e. The fourth-order valence-corrected chi connectivity index (χ4v) is 1.91. The average Bonchev–Trinajstić information content (AvgIpc) is 2.04. The number of hydrogen-bond donors (Lipinski definition) is 0. The van der Waals surface area contributed by atoms with Gasteiger partial charge in [-0.15, -0.1) is 0 Å². The lowest BCUT2D eigenvalue weighted by molar-refractivity contribution is -0.0319. The first-order valence-corrected chi connectivity index (χ1v) is 5.02. The Bertz CT molecular complexity index is 199. The average molecular weight is 181 g/mol. The molecule has 0 saturated carbocycles. The summed E-state index contributed by atoms with van der Waals surface area (Å²) in [6, 6.07) is 2.18. The number of rotatable bonds is 1. The van der Waals surface area contributed by atoms with Gasteiger partial charge in [0.1, 0.15) is 0 Å². The molecule has 1 aliphatic rings. The van der Waals surface area contributed by atoms with E-state index in [4.69, 9.17) is 10.00 Å². The lowest BCUT2D eigenvalue weighted by atomic mass is 9.74. The van der Waals surface area contributed by atoms with Crippen molar-refractivity contribution in [1.82, 2.24) is 0 Å². The molecule has 1 heterocycles. The fourth-order valence-electron chi connectivity index (χ4n) is 1.91. The van der Waals surface area contributed by atoms with Crippen molar-refractivity contribution in [3.63, 3.8) is 0 Å². The second kappa shape index (κ2) is 4.11. The number of nitriles is 1. The van der Waals surface area contributed by atoms with Gasteiger partial charge in [-0.1, -0.05) is 20.8 Å². The van der Waals surface area contributed by atoms with Gasteiger partial charge in [-0.3, -0.25) is 0 Å². The molecular weight excluding hydrogens is 162 g/mol. The molecule has 2 atom stereocenters. The van der Waals surface area contributed by atoms with E-state index in [-0.39, 0.29) is 6.10 Å². The minimum atomic E-state index is 0.183. The molecule has 0 aromatic rings. The van der Waals surface area contributed by atoms with Crippen LogP contribution in [0, 0.1) is 22.7 Å². The van der Waals surface area contributed by atoms with Crippen LogP contribution in [0.1, 0.15) is 40.0 Å². The standard InChI is InChI=1S/C11H19NO/c1-11(2,3)9-5-7-13-10(8-9)4-6-12/h9-10H,4-5,7-8H2,1-3H3/t9-,10-/m1/s1. The van der Waals surface area contributed by atoms with Crippen LogP contribution in [0.25, 0.3) is 0 Å². The molecule has 13 heavy (non-hydrogen) atoms. The Morgan fingerprint density at radius 3 is 2.69 bits per heavy atom. The second-order valence-electron chi connectivity index (χ2n) is 4.94. The van der Waals surface area contributed by atoms with Crippen LogP contribution in [0.3, 0.4) is 0 Å². The highest BCUT2D eigenvalue weighted by molar-refractivity contribution is 4.85. The van der Waals surface area contributed by atoms with E-state index in [0.29, 0.717) is 17.8 Å². The second-order valence-corrected chi connectivity index (χ2v) is 4.94. The van der Waals surface area contributed by atoms with Gasteiger partial charge in [0.25, 0.3) is 0 Å². The van der Waals surface area contributed by atoms with Crippen LogP contribution in [0.5, 0.6) is 0 Å². The summed E-state index contributed by atoms with van der Waals surface area (Å²) in [5.74, 6) is 0.708. The van der Waals surface area contributed by atoms with E-state index >= 15 is 0 Å². The molecule has 0 aliphatic carbocycles. The maximum absolute atomic E-state index is 8.58. The summed E-state index contributed by atoms with van der Waals surface area (Å²) in [6.45, 7) is 7.64. The Morgan fingerprint density at radius 1 is 1.46 bits per heavy atom. The van der Waals surface area contributed by atoms with E-state index in [1.165, 1.54) is 0 Å². The molecule has 0 spiro atoms. The fraction of sp³-hybridized carbons (Fsp3) is 0.909. The zero-order chi connectivity index (χ0) is 9.90. The van der Waals surface area contributed by atoms with E-state index in [1.54, 1.807) is 0 Å². The molecule has 0 aromatic carbocycles. The zero-order valence-corrected chi connectivity index (χ0v) is 8.84. The van der Waals surface area contributed by atoms with Crippen LogP contribution in [-0.4, -0.2) is 12.7 Å². The summed E-state index contributed by atoms with van der Waals surface area (Å²) in [5, 5.41) is 8.58. The van der Waals surface area contributed by atoms with Gasteiger partial charge in [0, 0.05) is 6.61 Å². The Kier molecular flexibility index (Phi) is 3.33. The Hall–Kier alpha value is -0.550. The monoisotopic (exact) mass is 181 g/mol. The van der Waals surface area contributed by atoms with Gasteiger partial charge in [-0.05, 0) is 24.2 Å². The van der Waals surface area contributed by atoms with Crippen LogP contribution in [0.4, 0.5) is 0 Å². The SMILES string of the molecule is CC(C)(C)[C@@H]1CCO[C@H](CC#N)C1. The van der Waals surface area contributed by atoms with Crippen molar-refractivity contribution in [2.45, 2.75) is 46.1 Å². The molecule has 1 rings (SSSR count). The van der Waals surface area contributed by atoms with Gasteiger partial charge in [0.2, 0.25) is 0 Å². The molecule has 1 saturated heterocycles. The van der Waals surface area contributed by atoms with Crippen molar-refractivity contribution in [3.8, 4) is 6.07 Å². The molecule has 0 aromatic heterocycles. The first kappa shape index (κ1) is 10.5. The van der Waals surface area contributed by atoms with Crippen molar-refractivity contribution in [2.24, 2.45) is 11.3 Å². The summed E-state index contributed by atoms with van der Waals surface area (Å²) < 4.78 is 5.52. The van der Waals surface area contributed by atoms with Crippen LogP contribution in [-0.2, 0) is 4.74 Å². The van der Waals surface area contributed by atoms with Gasteiger partial charge in [-0.25, -0.2) is 0 Å². The van der Waals surface area contributed by atoms with E-state index < -0.39 is 0 Å². The lowest BCUT2D eigenvalue weighted by Gasteiger charge is -2.37. The molecule has 0 amide bonds. The minimum Gasteiger partial charge on any atom is -0.377 e. The minimum absolute atomic E-state index is 0.183. The normalized spacial score (nSPS) is 29.7. The van der Waals surface area contributed by atoms with E-state index in [1.807, 2.05) is 0 Å². The van der Waals surface area contributed by atoms with E-state index in [0.717, 1.165) is 19.4 Å². The summed E-state index contributed by atoms with van der Waals surface area (Å²) >= 11 is 0. The molecule has 0 unspecified atom stereocenters. The molecule has 2 heteroatoms. The van der Waals surface area contributed by atoms with E-state index in [9.17, 15) is 0 Å². The van der Waals surface area contributed by atoms with Crippen LogP contribution in [0.2, 0.25) is 0 Å². The molecule has 1 aliphatic heterocycles.